The van der Waals surface area contributed by atoms with Crippen LogP contribution in [0.15, 0.2) is 48.8 Å². The van der Waals surface area contributed by atoms with Gasteiger partial charge in [-0.05, 0) is 36.4 Å². The highest BCUT2D eigenvalue weighted by molar-refractivity contribution is 6.30. The maximum atomic E-state index is 11.3. The van der Waals surface area contributed by atoms with Gasteiger partial charge in [-0.1, -0.05) is 0 Å². The van der Waals surface area contributed by atoms with Crippen molar-refractivity contribution in [3.05, 3.63) is 54.4 Å². The lowest BCUT2D eigenvalue weighted by Gasteiger charge is -2.06. The number of benzene rings is 1. The smallest absolute Gasteiger partial charge is 0.177 e. The quantitative estimate of drug-likeness (QED) is 0.665. The van der Waals surface area contributed by atoms with Gasteiger partial charge < -0.3 is 5.32 Å². The van der Waals surface area contributed by atoms with Gasteiger partial charge in [0.25, 0.3) is 0 Å². The van der Waals surface area contributed by atoms with Crippen molar-refractivity contribution in [3.8, 4) is 0 Å². The van der Waals surface area contributed by atoms with Gasteiger partial charge in [-0.15, -0.1) is 11.6 Å². The van der Waals surface area contributed by atoms with E-state index in [2.05, 4.69) is 10.3 Å². The molecule has 1 heterocycles. The predicted molar refractivity (Wildman–Crippen MR) is 69.0 cm³/mol. The zero-order chi connectivity index (χ0) is 12.1. The molecule has 1 N–H and O–H groups in total. The summed E-state index contributed by atoms with van der Waals surface area (Å²) in [4.78, 5) is 15.3. The van der Waals surface area contributed by atoms with E-state index in [-0.39, 0.29) is 11.7 Å². The monoisotopic (exact) mass is 246 g/mol. The van der Waals surface area contributed by atoms with Crippen LogP contribution in [-0.2, 0) is 0 Å². The number of carbonyl (C=O) groups excluding carboxylic acids is 1. The number of pyridine rings is 1. The van der Waals surface area contributed by atoms with Crippen LogP contribution in [0.1, 0.15) is 10.4 Å². The van der Waals surface area contributed by atoms with Gasteiger partial charge in [-0.25, -0.2) is 0 Å². The van der Waals surface area contributed by atoms with Crippen LogP contribution in [0.4, 0.5) is 11.4 Å². The molecular formula is C13H11ClN2O. The van der Waals surface area contributed by atoms with Gasteiger partial charge >= 0.3 is 0 Å². The SMILES string of the molecule is O=C(CCl)c1ccc(Nc2ccncc2)cc1. The molecule has 86 valence electrons. The number of Topliss-reactive ketones (excluding diaryl/α,β-unsaturated/α-hetero) is 1. The molecule has 3 nitrogen and oxygen atoms in total. The van der Waals surface area contributed by atoms with Gasteiger partial charge in [-0.2, -0.15) is 0 Å². The van der Waals surface area contributed by atoms with E-state index in [9.17, 15) is 4.79 Å². The molecule has 2 rings (SSSR count). The largest absolute Gasteiger partial charge is 0.355 e. The van der Waals surface area contributed by atoms with Gasteiger partial charge in [0, 0.05) is 29.3 Å². The van der Waals surface area contributed by atoms with Crippen LogP contribution >= 0.6 is 11.6 Å². The number of rotatable bonds is 4. The van der Waals surface area contributed by atoms with Gasteiger partial charge in [0.05, 0.1) is 5.88 Å². The van der Waals surface area contributed by atoms with E-state index < -0.39 is 0 Å². The highest BCUT2D eigenvalue weighted by Gasteiger charge is 2.03. The second-order valence-electron chi connectivity index (χ2n) is 3.50. The van der Waals surface area contributed by atoms with Crippen molar-refractivity contribution in [1.82, 2.24) is 4.98 Å². The molecule has 0 unspecified atom stereocenters. The van der Waals surface area contributed by atoms with E-state index in [1.165, 1.54) is 0 Å². The summed E-state index contributed by atoms with van der Waals surface area (Å²) in [6, 6.07) is 11.0. The van der Waals surface area contributed by atoms with Gasteiger partial charge in [0.15, 0.2) is 5.78 Å². The van der Waals surface area contributed by atoms with E-state index in [0.29, 0.717) is 5.56 Å². The predicted octanol–water partition coefficient (Wildman–Crippen LogP) is 3.25. The molecular weight excluding hydrogens is 236 g/mol. The highest BCUT2D eigenvalue weighted by atomic mass is 35.5. The number of alkyl halides is 1. The van der Waals surface area contributed by atoms with Crippen LogP contribution in [0.2, 0.25) is 0 Å². The number of ketones is 1. The minimum atomic E-state index is -0.0675. The lowest BCUT2D eigenvalue weighted by molar-refractivity contribution is 0.102. The normalized spacial score (nSPS) is 9.94. The van der Waals surface area contributed by atoms with Gasteiger partial charge in [-0.3, -0.25) is 9.78 Å². The average Bonchev–Trinajstić information content (AvgIpc) is 2.40. The van der Waals surface area contributed by atoms with E-state index >= 15 is 0 Å². The molecule has 17 heavy (non-hydrogen) atoms. The Kier molecular flexibility index (Phi) is 3.73. The standard InChI is InChI=1S/C13H11ClN2O/c14-9-13(17)10-1-3-11(4-2-10)16-12-5-7-15-8-6-12/h1-8H,9H2,(H,15,16). The second-order valence-corrected chi connectivity index (χ2v) is 3.76. The minimum Gasteiger partial charge on any atom is -0.355 e. The third-order valence-electron chi connectivity index (χ3n) is 2.30. The zero-order valence-corrected chi connectivity index (χ0v) is 9.82. The molecule has 0 amide bonds. The molecule has 0 aliphatic rings. The Hall–Kier alpha value is -1.87. The molecule has 0 atom stereocenters. The van der Waals surface area contributed by atoms with Crippen molar-refractivity contribution >= 4 is 28.8 Å². The third kappa shape index (κ3) is 3.04. The lowest BCUT2D eigenvalue weighted by Crippen LogP contribution is -2.00. The first-order valence-corrected chi connectivity index (χ1v) is 5.69. The molecule has 0 bridgehead atoms. The average molecular weight is 247 g/mol. The number of nitrogens with one attached hydrogen (secondary N) is 1. The number of hydrogen-bond acceptors (Lipinski definition) is 3. The first kappa shape index (κ1) is 11.6. The topological polar surface area (TPSA) is 42.0 Å². The van der Waals surface area contributed by atoms with Crippen LogP contribution in [0.5, 0.6) is 0 Å². The molecule has 0 fully saturated rings. The summed E-state index contributed by atoms with van der Waals surface area (Å²) in [5, 5.41) is 3.20. The Labute approximate surface area is 104 Å². The molecule has 0 aliphatic heterocycles. The Balaban J connectivity index is 2.11. The lowest BCUT2D eigenvalue weighted by atomic mass is 10.1. The van der Waals surface area contributed by atoms with Crippen molar-refractivity contribution in [3.63, 3.8) is 0 Å². The fourth-order valence-electron chi connectivity index (χ4n) is 1.42. The van der Waals surface area contributed by atoms with Crippen molar-refractivity contribution in [2.24, 2.45) is 0 Å². The molecule has 0 saturated heterocycles. The number of carbonyl (C=O) groups is 1. The summed E-state index contributed by atoms with van der Waals surface area (Å²) in [5.41, 5.74) is 2.50. The third-order valence-corrected chi connectivity index (χ3v) is 2.54. The fourth-order valence-corrected chi connectivity index (χ4v) is 1.57. The maximum Gasteiger partial charge on any atom is 0.177 e. The van der Waals surface area contributed by atoms with E-state index in [1.807, 2.05) is 24.3 Å². The highest BCUT2D eigenvalue weighted by Crippen LogP contribution is 2.16. The summed E-state index contributed by atoms with van der Waals surface area (Å²) >= 11 is 5.48. The number of aromatic nitrogens is 1. The van der Waals surface area contributed by atoms with E-state index in [4.69, 9.17) is 11.6 Å². The molecule has 0 saturated carbocycles. The first-order chi connectivity index (χ1) is 8.29. The summed E-state index contributed by atoms with van der Waals surface area (Å²) in [6.07, 6.45) is 3.43. The first-order valence-electron chi connectivity index (χ1n) is 5.16. The van der Waals surface area contributed by atoms with Crippen molar-refractivity contribution in [1.29, 1.82) is 0 Å². The molecule has 0 aliphatic carbocycles. The molecule has 1 aromatic heterocycles. The summed E-state index contributed by atoms with van der Waals surface area (Å²) in [7, 11) is 0. The van der Waals surface area contributed by atoms with Gasteiger partial charge in [0.1, 0.15) is 0 Å². The Morgan fingerprint density at radius 3 is 2.24 bits per heavy atom. The maximum absolute atomic E-state index is 11.3. The second kappa shape index (κ2) is 5.46. The summed E-state index contributed by atoms with van der Waals surface area (Å²) in [5.74, 6) is -0.0564. The summed E-state index contributed by atoms with van der Waals surface area (Å²) < 4.78 is 0. The molecule has 2 aromatic rings. The van der Waals surface area contributed by atoms with Crippen molar-refractivity contribution in [2.75, 3.05) is 11.2 Å². The van der Waals surface area contributed by atoms with Crippen molar-refractivity contribution in [2.45, 2.75) is 0 Å². The molecule has 0 radical (unpaired) electrons. The number of nitrogens with zero attached hydrogens (tertiary/aromatic N) is 1. The Bertz CT molecular complexity index is 497. The number of anilines is 2. The summed E-state index contributed by atoms with van der Waals surface area (Å²) in [6.45, 7) is 0. The van der Waals surface area contributed by atoms with Gasteiger partial charge in [0.2, 0.25) is 0 Å². The van der Waals surface area contributed by atoms with Crippen LogP contribution in [0.25, 0.3) is 0 Å². The van der Waals surface area contributed by atoms with Crippen LogP contribution in [-0.4, -0.2) is 16.6 Å². The van der Waals surface area contributed by atoms with Crippen LogP contribution in [0, 0.1) is 0 Å². The van der Waals surface area contributed by atoms with Crippen LogP contribution < -0.4 is 5.32 Å². The van der Waals surface area contributed by atoms with Crippen molar-refractivity contribution < 1.29 is 4.79 Å². The zero-order valence-electron chi connectivity index (χ0n) is 9.06. The Morgan fingerprint density at radius 2 is 1.65 bits per heavy atom. The fraction of sp³-hybridized carbons (Fsp3) is 0.0769. The molecule has 0 spiro atoms. The number of halogens is 1. The Morgan fingerprint density at radius 1 is 1.06 bits per heavy atom. The number of hydrogen-bond donors (Lipinski definition) is 1. The minimum absolute atomic E-state index is 0.0110. The van der Waals surface area contributed by atoms with E-state index in [1.54, 1.807) is 24.5 Å². The van der Waals surface area contributed by atoms with E-state index in [0.717, 1.165) is 11.4 Å². The molecule has 4 heteroatoms. The molecule has 1 aromatic carbocycles. The van der Waals surface area contributed by atoms with Crippen LogP contribution in [0.3, 0.4) is 0 Å².